The SMILES string of the molecule is O=C(/C=C/c1cn(Cc2ccccc2)nn1)Nc1ccnn1Cc1ccc(Cl)cc1Cl. The number of carbonyl (C=O) groups is 1. The Hall–Kier alpha value is -3.42. The van der Waals surface area contributed by atoms with E-state index >= 15 is 0 Å². The molecule has 0 unspecified atom stereocenters. The van der Waals surface area contributed by atoms with Crippen LogP contribution in [0, 0.1) is 0 Å². The van der Waals surface area contributed by atoms with Crippen molar-refractivity contribution in [2.45, 2.75) is 13.1 Å². The van der Waals surface area contributed by atoms with E-state index in [0.717, 1.165) is 11.1 Å². The maximum atomic E-state index is 12.4. The zero-order valence-electron chi connectivity index (χ0n) is 16.3. The highest BCUT2D eigenvalue weighted by molar-refractivity contribution is 6.35. The molecule has 0 aliphatic heterocycles. The van der Waals surface area contributed by atoms with Crippen molar-refractivity contribution < 1.29 is 4.79 Å². The second-order valence-electron chi connectivity index (χ2n) is 6.76. The lowest BCUT2D eigenvalue weighted by atomic mass is 10.2. The second-order valence-corrected chi connectivity index (χ2v) is 7.60. The molecule has 2 aromatic carbocycles. The zero-order valence-corrected chi connectivity index (χ0v) is 17.8. The molecule has 1 amide bonds. The lowest BCUT2D eigenvalue weighted by Gasteiger charge is -2.09. The molecule has 9 heteroatoms. The number of halogens is 2. The van der Waals surface area contributed by atoms with Crippen LogP contribution >= 0.6 is 23.2 Å². The van der Waals surface area contributed by atoms with Crippen LogP contribution in [0.25, 0.3) is 6.08 Å². The van der Waals surface area contributed by atoms with Gasteiger partial charge in [0.05, 0.1) is 25.5 Å². The first-order chi connectivity index (χ1) is 15.1. The third-order valence-electron chi connectivity index (χ3n) is 4.45. The van der Waals surface area contributed by atoms with Gasteiger partial charge < -0.3 is 5.32 Å². The molecule has 4 aromatic rings. The van der Waals surface area contributed by atoms with Crippen LogP contribution in [0.3, 0.4) is 0 Å². The highest BCUT2D eigenvalue weighted by atomic mass is 35.5. The van der Waals surface area contributed by atoms with E-state index in [2.05, 4.69) is 20.7 Å². The molecule has 0 saturated heterocycles. The van der Waals surface area contributed by atoms with Crippen LogP contribution in [-0.2, 0) is 17.9 Å². The molecule has 2 heterocycles. The Morgan fingerprint density at radius 2 is 1.90 bits per heavy atom. The van der Waals surface area contributed by atoms with Gasteiger partial charge in [0.25, 0.3) is 0 Å². The molecular formula is C22H18Cl2N6O. The summed E-state index contributed by atoms with van der Waals surface area (Å²) in [6, 6.07) is 16.9. The van der Waals surface area contributed by atoms with Crippen molar-refractivity contribution in [3.05, 3.63) is 99.9 Å². The van der Waals surface area contributed by atoms with E-state index in [1.54, 1.807) is 46.0 Å². The summed E-state index contributed by atoms with van der Waals surface area (Å²) in [5, 5.41) is 16.3. The molecule has 2 aromatic heterocycles. The van der Waals surface area contributed by atoms with E-state index in [9.17, 15) is 4.79 Å². The highest BCUT2D eigenvalue weighted by Crippen LogP contribution is 2.22. The molecule has 0 aliphatic rings. The Labute approximate surface area is 188 Å². The minimum atomic E-state index is -0.304. The molecule has 156 valence electrons. The minimum Gasteiger partial charge on any atom is -0.307 e. The van der Waals surface area contributed by atoms with Gasteiger partial charge >= 0.3 is 0 Å². The van der Waals surface area contributed by atoms with Gasteiger partial charge in [0.15, 0.2) is 0 Å². The molecule has 0 atom stereocenters. The molecule has 0 aliphatic carbocycles. The summed E-state index contributed by atoms with van der Waals surface area (Å²) in [6.07, 6.45) is 6.41. The van der Waals surface area contributed by atoms with Crippen LogP contribution in [0.1, 0.15) is 16.8 Å². The van der Waals surface area contributed by atoms with Crippen molar-refractivity contribution in [2.75, 3.05) is 5.32 Å². The topological polar surface area (TPSA) is 77.6 Å². The average molecular weight is 453 g/mol. The lowest BCUT2D eigenvalue weighted by molar-refractivity contribution is -0.111. The Kier molecular flexibility index (Phi) is 6.45. The Morgan fingerprint density at radius 1 is 1.06 bits per heavy atom. The van der Waals surface area contributed by atoms with E-state index in [1.807, 2.05) is 36.4 Å². The van der Waals surface area contributed by atoms with Gasteiger partial charge in [0, 0.05) is 22.2 Å². The Morgan fingerprint density at radius 3 is 2.71 bits per heavy atom. The van der Waals surface area contributed by atoms with Crippen molar-refractivity contribution in [2.24, 2.45) is 0 Å². The van der Waals surface area contributed by atoms with Crippen molar-refractivity contribution in [3.8, 4) is 0 Å². The van der Waals surface area contributed by atoms with Crippen molar-refractivity contribution in [3.63, 3.8) is 0 Å². The highest BCUT2D eigenvalue weighted by Gasteiger charge is 2.09. The summed E-state index contributed by atoms with van der Waals surface area (Å²) in [6.45, 7) is 1.01. The van der Waals surface area contributed by atoms with Crippen LogP contribution in [0.2, 0.25) is 10.0 Å². The Balaban J connectivity index is 1.37. The molecule has 0 radical (unpaired) electrons. The number of nitrogens with one attached hydrogen (secondary N) is 1. The number of nitrogens with zero attached hydrogens (tertiary/aromatic N) is 5. The van der Waals surface area contributed by atoms with Gasteiger partial charge in [0.1, 0.15) is 11.5 Å². The largest absolute Gasteiger partial charge is 0.307 e. The van der Waals surface area contributed by atoms with Crippen LogP contribution < -0.4 is 5.32 Å². The van der Waals surface area contributed by atoms with E-state index < -0.39 is 0 Å². The zero-order chi connectivity index (χ0) is 21.6. The molecule has 0 spiro atoms. The normalized spacial score (nSPS) is 11.2. The number of benzene rings is 2. The third kappa shape index (κ3) is 5.59. The summed E-state index contributed by atoms with van der Waals surface area (Å²) in [7, 11) is 0. The first kappa shape index (κ1) is 20.8. The average Bonchev–Trinajstić information content (AvgIpc) is 3.39. The number of amides is 1. The van der Waals surface area contributed by atoms with Gasteiger partial charge in [-0.25, -0.2) is 9.36 Å². The molecule has 0 bridgehead atoms. The van der Waals surface area contributed by atoms with Crippen LogP contribution in [-0.4, -0.2) is 30.7 Å². The van der Waals surface area contributed by atoms with Crippen molar-refractivity contribution in [1.29, 1.82) is 0 Å². The number of carbonyl (C=O) groups excluding carboxylic acids is 1. The van der Waals surface area contributed by atoms with Crippen LogP contribution in [0.5, 0.6) is 0 Å². The second kappa shape index (κ2) is 9.59. The first-order valence-electron chi connectivity index (χ1n) is 9.46. The molecule has 4 rings (SSSR count). The molecule has 7 nitrogen and oxygen atoms in total. The maximum absolute atomic E-state index is 12.4. The van der Waals surface area contributed by atoms with Gasteiger partial charge in [-0.15, -0.1) is 5.10 Å². The van der Waals surface area contributed by atoms with Crippen LogP contribution in [0.4, 0.5) is 5.82 Å². The van der Waals surface area contributed by atoms with Gasteiger partial charge in [-0.05, 0) is 29.3 Å². The first-order valence-corrected chi connectivity index (χ1v) is 10.2. The van der Waals surface area contributed by atoms with E-state index in [0.29, 0.717) is 34.6 Å². The Bertz CT molecular complexity index is 1220. The number of aromatic nitrogens is 5. The summed E-state index contributed by atoms with van der Waals surface area (Å²) < 4.78 is 3.37. The standard InChI is InChI=1S/C22H18Cl2N6O/c23-18-7-6-17(20(24)12-18)14-30-21(10-11-25-30)26-22(31)9-8-19-15-29(28-27-19)13-16-4-2-1-3-5-16/h1-12,15H,13-14H2,(H,26,31)/b9-8+. The predicted molar refractivity (Wildman–Crippen MR) is 121 cm³/mol. The number of hydrogen-bond donors (Lipinski definition) is 1. The summed E-state index contributed by atoms with van der Waals surface area (Å²) in [4.78, 5) is 12.4. The summed E-state index contributed by atoms with van der Waals surface area (Å²) >= 11 is 12.2. The lowest BCUT2D eigenvalue weighted by Crippen LogP contribution is -2.14. The minimum absolute atomic E-state index is 0.304. The van der Waals surface area contributed by atoms with Gasteiger partial charge in [0.2, 0.25) is 5.91 Å². The number of rotatable bonds is 7. The van der Waals surface area contributed by atoms with Gasteiger partial charge in [-0.2, -0.15) is 5.10 Å². The molecule has 31 heavy (non-hydrogen) atoms. The van der Waals surface area contributed by atoms with Crippen molar-refractivity contribution >= 4 is 41.0 Å². The van der Waals surface area contributed by atoms with Crippen LogP contribution in [0.15, 0.2) is 73.1 Å². The fraction of sp³-hybridized carbons (Fsp3) is 0.0909. The van der Waals surface area contributed by atoms with E-state index in [1.165, 1.54) is 6.08 Å². The monoisotopic (exact) mass is 452 g/mol. The third-order valence-corrected chi connectivity index (χ3v) is 5.04. The fourth-order valence-corrected chi connectivity index (χ4v) is 3.41. The summed E-state index contributed by atoms with van der Waals surface area (Å²) in [5.41, 5.74) is 2.55. The number of hydrogen-bond acceptors (Lipinski definition) is 4. The molecule has 1 N–H and O–H groups in total. The molecule has 0 fully saturated rings. The quantitative estimate of drug-likeness (QED) is 0.417. The van der Waals surface area contributed by atoms with Gasteiger partial charge in [-0.3, -0.25) is 4.79 Å². The van der Waals surface area contributed by atoms with E-state index in [4.69, 9.17) is 23.2 Å². The van der Waals surface area contributed by atoms with Gasteiger partial charge in [-0.1, -0.05) is 64.8 Å². The fourth-order valence-electron chi connectivity index (χ4n) is 2.94. The smallest absolute Gasteiger partial charge is 0.249 e. The summed E-state index contributed by atoms with van der Waals surface area (Å²) in [5.74, 6) is 0.245. The number of anilines is 1. The van der Waals surface area contributed by atoms with E-state index in [-0.39, 0.29) is 5.91 Å². The molecular weight excluding hydrogens is 435 g/mol. The van der Waals surface area contributed by atoms with Crippen molar-refractivity contribution in [1.82, 2.24) is 24.8 Å². The predicted octanol–water partition coefficient (Wildman–Crippen LogP) is 4.53. The maximum Gasteiger partial charge on any atom is 0.249 e. The molecule has 0 saturated carbocycles.